The zero-order valence-electron chi connectivity index (χ0n) is 29.3. The lowest BCUT2D eigenvalue weighted by atomic mass is 9.61. The van der Waals surface area contributed by atoms with Gasteiger partial charge in [0.05, 0.1) is 11.7 Å². The van der Waals surface area contributed by atoms with Crippen LogP contribution in [0.3, 0.4) is 0 Å². The molecule has 0 N–H and O–H groups in total. The van der Waals surface area contributed by atoms with E-state index in [1.807, 2.05) is 33.0 Å². The monoisotopic (exact) mass is 686 g/mol. The second kappa shape index (κ2) is 13.6. The van der Waals surface area contributed by atoms with E-state index in [1.54, 1.807) is 4.90 Å². The lowest BCUT2D eigenvalue weighted by Gasteiger charge is -2.58. The fourth-order valence-electron chi connectivity index (χ4n) is 8.62. The van der Waals surface area contributed by atoms with Gasteiger partial charge in [0, 0.05) is 87.2 Å². The normalized spacial score (nSPS) is 22.8. The van der Waals surface area contributed by atoms with Gasteiger partial charge < -0.3 is 24.0 Å². The standard InChI is InChI=1S/C37H47FN8O4/c1-4-46(24(2)3)36(47)27-16-25(38)6-7-31(27)50-35-34(40-23-41-42-35)45-21-37(22-45)17-26(18-37)49-32-8-11-39-29-9-14-43(19-28(29)32)12-5-13-44-20-33-30(44)10-15-48-33/h6-8,11,16,23-24,26,30,33H,4-5,9-10,12-15,17-22H2,1-3H3. The molecule has 5 aliphatic rings. The van der Waals surface area contributed by atoms with Crippen molar-refractivity contribution in [3.8, 4) is 17.4 Å². The lowest BCUT2D eigenvalue weighted by Crippen LogP contribution is -2.65. The molecule has 0 radical (unpaired) electrons. The summed E-state index contributed by atoms with van der Waals surface area (Å²) in [6, 6.07) is 6.59. The third-order valence-corrected chi connectivity index (χ3v) is 11.3. The van der Waals surface area contributed by atoms with Crippen LogP contribution in [0.5, 0.6) is 17.4 Å². The fraction of sp³-hybridized carbons (Fsp3) is 0.595. The molecule has 1 aliphatic carbocycles. The number of hydrogen-bond donors (Lipinski definition) is 0. The predicted octanol–water partition coefficient (Wildman–Crippen LogP) is 4.34. The van der Waals surface area contributed by atoms with E-state index >= 15 is 0 Å². The van der Waals surface area contributed by atoms with Gasteiger partial charge in [0.15, 0.2) is 5.82 Å². The van der Waals surface area contributed by atoms with Gasteiger partial charge in [-0.3, -0.25) is 19.6 Å². The van der Waals surface area contributed by atoms with E-state index in [0.29, 0.717) is 24.5 Å². The highest BCUT2D eigenvalue weighted by molar-refractivity contribution is 5.97. The van der Waals surface area contributed by atoms with Crippen LogP contribution in [0.25, 0.3) is 0 Å². The van der Waals surface area contributed by atoms with E-state index in [4.69, 9.17) is 19.2 Å². The number of anilines is 1. The van der Waals surface area contributed by atoms with Crippen LogP contribution in [0.1, 0.15) is 68.1 Å². The van der Waals surface area contributed by atoms with Crippen molar-refractivity contribution in [2.75, 3.05) is 57.3 Å². The van der Waals surface area contributed by atoms with E-state index in [9.17, 15) is 9.18 Å². The number of pyridine rings is 1. The molecular formula is C37H47FN8O4. The third kappa shape index (κ3) is 6.39. The van der Waals surface area contributed by atoms with Crippen LogP contribution in [0.15, 0.2) is 36.8 Å². The van der Waals surface area contributed by atoms with Crippen molar-refractivity contribution in [2.45, 2.75) is 83.7 Å². The van der Waals surface area contributed by atoms with E-state index in [0.717, 1.165) is 83.1 Å². The Morgan fingerprint density at radius 2 is 2.02 bits per heavy atom. The molecule has 1 spiro atoms. The number of carbonyl (C=O) groups is 1. The number of amides is 1. The molecule has 1 amide bonds. The maximum Gasteiger partial charge on any atom is 0.282 e. The van der Waals surface area contributed by atoms with Crippen LogP contribution < -0.4 is 14.4 Å². The number of likely N-dealkylation sites (tertiary alicyclic amines) is 1. The minimum absolute atomic E-state index is 0.0512. The predicted molar refractivity (Wildman–Crippen MR) is 184 cm³/mol. The van der Waals surface area contributed by atoms with Crippen LogP contribution in [0.2, 0.25) is 0 Å². The Hall–Kier alpha value is -3.94. The van der Waals surface area contributed by atoms with Gasteiger partial charge in [0.1, 0.15) is 29.7 Å². The quantitative estimate of drug-likeness (QED) is 0.272. The highest BCUT2D eigenvalue weighted by atomic mass is 19.1. The van der Waals surface area contributed by atoms with Crippen molar-refractivity contribution >= 4 is 11.7 Å². The Morgan fingerprint density at radius 1 is 1.16 bits per heavy atom. The van der Waals surface area contributed by atoms with E-state index in [1.165, 1.54) is 42.9 Å². The van der Waals surface area contributed by atoms with Gasteiger partial charge in [-0.2, -0.15) is 0 Å². The maximum atomic E-state index is 14.3. The summed E-state index contributed by atoms with van der Waals surface area (Å²) in [7, 11) is 0. The van der Waals surface area contributed by atoms with Crippen LogP contribution in [0, 0.1) is 11.2 Å². The van der Waals surface area contributed by atoms with Crippen molar-refractivity contribution in [3.63, 3.8) is 0 Å². The summed E-state index contributed by atoms with van der Waals surface area (Å²) in [5.41, 5.74) is 2.69. The van der Waals surface area contributed by atoms with Gasteiger partial charge in [-0.05, 0) is 83.8 Å². The van der Waals surface area contributed by atoms with Crippen molar-refractivity contribution in [2.24, 2.45) is 5.41 Å². The Bertz CT molecular complexity index is 1710. The number of hydrogen-bond acceptors (Lipinski definition) is 11. The van der Waals surface area contributed by atoms with Gasteiger partial charge in [-0.1, -0.05) is 0 Å². The molecule has 2 atom stereocenters. The van der Waals surface area contributed by atoms with Gasteiger partial charge in [-0.15, -0.1) is 10.2 Å². The van der Waals surface area contributed by atoms with Gasteiger partial charge in [0.2, 0.25) is 0 Å². The summed E-state index contributed by atoms with van der Waals surface area (Å²) in [5, 5.41) is 8.17. The molecule has 13 heteroatoms. The second-order valence-electron chi connectivity index (χ2n) is 14.9. The van der Waals surface area contributed by atoms with Crippen LogP contribution >= 0.6 is 0 Å². The number of ether oxygens (including phenoxy) is 3. The van der Waals surface area contributed by atoms with E-state index in [-0.39, 0.29) is 40.7 Å². The minimum Gasteiger partial charge on any atom is -0.490 e. The summed E-state index contributed by atoms with van der Waals surface area (Å²) in [4.78, 5) is 31.5. The molecule has 1 saturated carbocycles. The molecular weight excluding hydrogens is 639 g/mol. The first-order chi connectivity index (χ1) is 24.3. The average molecular weight is 687 g/mol. The Balaban J connectivity index is 0.861. The number of rotatable bonds is 12. The summed E-state index contributed by atoms with van der Waals surface area (Å²) in [6.07, 6.45) is 9.14. The molecule has 1 aromatic carbocycles. The first kappa shape index (κ1) is 33.2. The molecule has 3 saturated heterocycles. The highest BCUT2D eigenvalue weighted by Crippen LogP contribution is 2.52. The molecule has 4 fully saturated rings. The zero-order chi connectivity index (χ0) is 34.4. The Labute approximate surface area is 292 Å². The number of fused-ring (bicyclic) bond motifs is 2. The van der Waals surface area contributed by atoms with Crippen molar-refractivity contribution in [1.29, 1.82) is 0 Å². The van der Waals surface area contributed by atoms with E-state index < -0.39 is 5.82 Å². The number of aromatic nitrogens is 4. The topological polar surface area (TPSA) is 109 Å². The van der Waals surface area contributed by atoms with Crippen LogP contribution in [-0.2, 0) is 17.7 Å². The summed E-state index contributed by atoms with van der Waals surface area (Å²) in [6.45, 7) is 14.0. The van der Waals surface area contributed by atoms with Crippen molar-refractivity contribution in [3.05, 3.63) is 59.4 Å². The molecule has 50 heavy (non-hydrogen) atoms. The first-order valence-electron chi connectivity index (χ1n) is 18.2. The van der Waals surface area contributed by atoms with E-state index in [2.05, 4.69) is 29.9 Å². The Morgan fingerprint density at radius 3 is 2.82 bits per heavy atom. The van der Waals surface area contributed by atoms with Gasteiger partial charge in [0.25, 0.3) is 11.8 Å². The molecule has 0 bridgehead atoms. The number of carbonyl (C=O) groups excluding carboxylic acids is 1. The molecule has 2 aromatic heterocycles. The fourth-order valence-corrected chi connectivity index (χ4v) is 8.62. The third-order valence-electron chi connectivity index (χ3n) is 11.3. The summed E-state index contributed by atoms with van der Waals surface area (Å²) < 4.78 is 32.9. The SMILES string of the molecule is CCN(C(=O)c1cc(F)ccc1Oc1nncnc1N1CC2(CC(Oc3ccnc4c3CN(CCCN3CC5OCCC53)CC4)C2)C1)C(C)C. The molecule has 4 aliphatic heterocycles. The number of halogens is 1. The molecule has 6 heterocycles. The minimum atomic E-state index is -0.510. The van der Waals surface area contributed by atoms with Crippen molar-refractivity contribution in [1.82, 2.24) is 34.9 Å². The van der Waals surface area contributed by atoms with Gasteiger partial charge >= 0.3 is 0 Å². The highest BCUT2D eigenvalue weighted by Gasteiger charge is 2.54. The largest absolute Gasteiger partial charge is 0.490 e. The Kier molecular flexibility index (Phi) is 9.07. The number of benzene rings is 1. The first-order valence-corrected chi connectivity index (χ1v) is 18.2. The van der Waals surface area contributed by atoms with Crippen molar-refractivity contribution < 1.29 is 23.4 Å². The lowest BCUT2D eigenvalue weighted by molar-refractivity contribution is -0.0409. The molecule has 266 valence electrons. The summed E-state index contributed by atoms with van der Waals surface area (Å²) in [5.74, 6) is 1.13. The smallest absolute Gasteiger partial charge is 0.282 e. The zero-order valence-corrected chi connectivity index (χ0v) is 29.3. The van der Waals surface area contributed by atoms with Gasteiger partial charge in [-0.25, -0.2) is 9.37 Å². The van der Waals surface area contributed by atoms with Crippen LogP contribution in [0.4, 0.5) is 10.2 Å². The summed E-state index contributed by atoms with van der Waals surface area (Å²) >= 11 is 0. The van der Waals surface area contributed by atoms with Crippen LogP contribution in [-0.4, -0.2) is 117 Å². The molecule has 2 unspecified atom stereocenters. The number of nitrogens with zero attached hydrogens (tertiary/aromatic N) is 8. The molecule has 12 nitrogen and oxygen atoms in total. The average Bonchev–Trinajstić information content (AvgIpc) is 3.45. The second-order valence-corrected chi connectivity index (χ2v) is 14.9. The molecule has 3 aromatic rings. The maximum absolute atomic E-state index is 14.3. The molecule has 8 rings (SSSR count).